The van der Waals surface area contributed by atoms with Crippen LogP contribution in [0.25, 0.3) is 0 Å². The normalized spacial score (nSPS) is 12.5. The van der Waals surface area contributed by atoms with E-state index >= 15 is 0 Å². The molecule has 3 aromatic rings. The van der Waals surface area contributed by atoms with Crippen molar-refractivity contribution in [3.8, 4) is 11.5 Å². The van der Waals surface area contributed by atoms with Gasteiger partial charge in [-0.05, 0) is 42.5 Å². The van der Waals surface area contributed by atoms with Gasteiger partial charge in [0.25, 0.3) is 0 Å². The summed E-state index contributed by atoms with van der Waals surface area (Å²) in [7, 11) is 0. The predicted molar refractivity (Wildman–Crippen MR) is 106 cm³/mol. The predicted octanol–water partition coefficient (Wildman–Crippen LogP) is 5.45. The van der Waals surface area contributed by atoms with E-state index in [9.17, 15) is 4.39 Å². The summed E-state index contributed by atoms with van der Waals surface area (Å²) in [6.45, 7) is 3.68. The number of hydrogen-bond donors (Lipinski definition) is 0. The van der Waals surface area contributed by atoms with Crippen LogP contribution in [0, 0.1) is 0 Å². The molecular weight excluding hydrogens is 406 g/mol. The van der Waals surface area contributed by atoms with Crippen molar-refractivity contribution in [3.63, 3.8) is 0 Å². The first kappa shape index (κ1) is 19.9. The SMILES string of the molecule is C=CCON=C(c1ccc(Oc2ccc(Cl)cc2Cl)cc1)C(F)n1cncn1. The van der Waals surface area contributed by atoms with E-state index in [0.717, 1.165) is 4.68 Å². The van der Waals surface area contributed by atoms with E-state index in [1.807, 2.05) is 0 Å². The van der Waals surface area contributed by atoms with Crippen LogP contribution in [-0.2, 0) is 4.84 Å². The molecule has 0 amide bonds. The van der Waals surface area contributed by atoms with Crippen molar-refractivity contribution in [1.82, 2.24) is 14.8 Å². The fourth-order valence-electron chi connectivity index (χ4n) is 2.23. The Bertz CT molecular complexity index is 963. The highest BCUT2D eigenvalue weighted by atomic mass is 35.5. The number of hydrogen-bond acceptors (Lipinski definition) is 5. The lowest BCUT2D eigenvalue weighted by Gasteiger charge is -2.13. The monoisotopic (exact) mass is 420 g/mol. The maximum absolute atomic E-state index is 14.8. The highest BCUT2D eigenvalue weighted by Crippen LogP contribution is 2.32. The van der Waals surface area contributed by atoms with Crippen molar-refractivity contribution in [1.29, 1.82) is 0 Å². The topological polar surface area (TPSA) is 61.5 Å². The summed E-state index contributed by atoms with van der Waals surface area (Å²) in [5.74, 6) is 0.962. The van der Waals surface area contributed by atoms with Gasteiger partial charge in [0.05, 0.1) is 5.02 Å². The largest absolute Gasteiger partial charge is 0.456 e. The molecule has 144 valence electrons. The van der Waals surface area contributed by atoms with Crippen molar-refractivity contribution in [2.75, 3.05) is 6.61 Å². The summed E-state index contributed by atoms with van der Waals surface area (Å²) in [5.41, 5.74) is 0.519. The second kappa shape index (κ2) is 9.34. The van der Waals surface area contributed by atoms with Gasteiger partial charge in [0, 0.05) is 10.6 Å². The Morgan fingerprint density at radius 1 is 1.25 bits per heavy atom. The van der Waals surface area contributed by atoms with Crippen LogP contribution in [0.4, 0.5) is 4.39 Å². The lowest BCUT2D eigenvalue weighted by Crippen LogP contribution is -2.17. The Morgan fingerprint density at radius 3 is 2.68 bits per heavy atom. The molecule has 2 aromatic carbocycles. The van der Waals surface area contributed by atoms with Crippen molar-refractivity contribution >= 4 is 28.9 Å². The standard InChI is InChI=1S/C19H15Cl2FN4O2/c1-2-9-27-25-18(19(22)26-12-23-11-24-26)13-3-6-15(7-4-13)28-17-8-5-14(20)10-16(17)21/h2-8,10-12,19H,1,9H2. The van der Waals surface area contributed by atoms with E-state index in [0.29, 0.717) is 27.1 Å². The molecule has 1 unspecified atom stereocenters. The minimum absolute atomic E-state index is 0.0309. The van der Waals surface area contributed by atoms with Gasteiger partial charge < -0.3 is 9.57 Å². The molecule has 1 atom stereocenters. The maximum Gasteiger partial charge on any atom is 0.239 e. The minimum Gasteiger partial charge on any atom is -0.456 e. The van der Waals surface area contributed by atoms with Crippen molar-refractivity contribution < 1.29 is 14.0 Å². The summed E-state index contributed by atoms with van der Waals surface area (Å²) in [6.07, 6.45) is 2.33. The van der Waals surface area contributed by atoms with Gasteiger partial charge in [0.1, 0.15) is 36.5 Å². The van der Waals surface area contributed by atoms with Crippen LogP contribution in [0.1, 0.15) is 11.9 Å². The number of oxime groups is 1. The third kappa shape index (κ3) is 4.88. The van der Waals surface area contributed by atoms with E-state index in [-0.39, 0.29) is 12.3 Å². The number of ether oxygens (including phenoxy) is 1. The molecule has 0 aliphatic carbocycles. The molecule has 0 radical (unpaired) electrons. The fourth-order valence-corrected chi connectivity index (χ4v) is 2.68. The number of aromatic nitrogens is 3. The van der Waals surface area contributed by atoms with E-state index < -0.39 is 6.30 Å². The maximum atomic E-state index is 14.8. The van der Waals surface area contributed by atoms with Gasteiger partial charge in [-0.25, -0.2) is 14.1 Å². The first-order valence-corrected chi connectivity index (χ1v) is 8.86. The van der Waals surface area contributed by atoms with Gasteiger partial charge in [0.2, 0.25) is 6.30 Å². The molecule has 1 heterocycles. The third-order valence-corrected chi connectivity index (χ3v) is 4.05. The van der Waals surface area contributed by atoms with E-state index in [1.165, 1.54) is 18.7 Å². The number of nitrogens with zero attached hydrogens (tertiary/aromatic N) is 4. The van der Waals surface area contributed by atoms with Crippen LogP contribution in [0.2, 0.25) is 10.0 Å². The Morgan fingerprint density at radius 2 is 2.04 bits per heavy atom. The zero-order valence-electron chi connectivity index (χ0n) is 14.5. The Labute approximate surface area is 170 Å². The molecule has 1 aromatic heterocycles. The van der Waals surface area contributed by atoms with Gasteiger partial charge in [-0.2, -0.15) is 5.10 Å². The molecule has 9 heteroatoms. The molecular formula is C19H15Cl2FN4O2. The average Bonchev–Trinajstić information content (AvgIpc) is 3.23. The molecule has 3 rings (SSSR count). The number of rotatable bonds is 8. The Kier molecular flexibility index (Phi) is 6.62. The van der Waals surface area contributed by atoms with Crippen LogP contribution in [-0.4, -0.2) is 27.1 Å². The van der Waals surface area contributed by atoms with Crippen LogP contribution in [0.15, 0.2) is 72.9 Å². The zero-order chi connectivity index (χ0) is 19.9. The zero-order valence-corrected chi connectivity index (χ0v) is 16.0. The van der Waals surface area contributed by atoms with E-state index in [1.54, 1.807) is 42.5 Å². The number of halogens is 3. The van der Waals surface area contributed by atoms with Crippen LogP contribution < -0.4 is 4.74 Å². The molecule has 0 N–H and O–H groups in total. The van der Waals surface area contributed by atoms with Crippen LogP contribution in [0.5, 0.6) is 11.5 Å². The van der Waals surface area contributed by atoms with Crippen LogP contribution >= 0.6 is 23.2 Å². The van der Waals surface area contributed by atoms with Crippen molar-refractivity contribution in [2.24, 2.45) is 5.16 Å². The van der Waals surface area contributed by atoms with Gasteiger partial charge in [-0.3, -0.25) is 0 Å². The Hall–Kier alpha value is -2.90. The number of alkyl halides is 1. The van der Waals surface area contributed by atoms with Crippen molar-refractivity contribution in [2.45, 2.75) is 6.30 Å². The van der Waals surface area contributed by atoms with Gasteiger partial charge in [-0.15, -0.1) is 0 Å². The van der Waals surface area contributed by atoms with Gasteiger partial charge >= 0.3 is 0 Å². The molecule has 0 fully saturated rings. The molecule has 6 nitrogen and oxygen atoms in total. The molecule has 0 saturated carbocycles. The van der Waals surface area contributed by atoms with Crippen LogP contribution in [0.3, 0.4) is 0 Å². The summed E-state index contributed by atoms with van der Waals surface area (Å²) < 4.78 is 21.6. The van der Waals surface area contributed by atoms with Crippen molar-refractivity contribution in [3.05, 3.63) is 83.4 Å². The summed E-state index contributed by atoms with van der Waals surface area (Å²) >= 11 is 12.0. The first-order valence-electron chi connectivity index (χ1n) is 8.10. The lowest BCUT2D eigenvalue weighted by atomic mass is 10.1. The first-order chi connectivity index (χ1) is 13.6. The Balaban J connectivity index is 1.83. The summed E-state index contributed by atoms with van der Waals surface area (Å²) in [5, 5.41) is 8.58. The third-order valence-electron chi connectivity index (χ3n) is 3.52. The summed E-state index contributed by atoms with van der Waals surface area (Å²) in [6, 6.07) is 11.5. The average molecular weight is 421 g/mol. The molecule has 0 aliphatic heterocycles. The second-order valence-electron chi connectivity index (χ2n) is 5.47. The summed E-state index contributed by atoms with van der Waals surface area (Å²) in [4.78, 5) is 8.83. The van der Waals surface area contributed by atoms with E-state index in [4.69, 9.17) is 32.8 Å². The molecule has 28 heavy (non-hydrogen) atoms. The lowest BCUT2D eigenvalue weighted by molar-refractivity contribution is 0.168. The minimum atomic E-state index is -1.68. The number of benzene rings is 2. The second-order valence-corrected chi connectivity index (χ2v) is 6.32. The molecule has 0 saturated heterocycles. The fraction of sp³-hybridized carbons (Fsp3) is 0.105. The highest BCUT2D eigenvalue weighted by Gasteiger charge is 2.21. The molecule has 0 bridgehead atoms. The molecule has 0 spiro atoms. The van der Waals surface area contributed by atoms with Gasteiger partial charge in [0.15, 0.2) is 0 Å². The van der Waals surface area contributed by atoms with Gasteiger partial charge in [-0.1, -0.05) is 41.0 Å². The van der Waals surface area contributed by atoms with E-state index in [2.05, 4.69) is 21.8 Å². The highest BCUT2D eigenvalue weighted by molar-refractivity contribution is 6.35. The smallest absolute Gasteiger partial charge is 0.239 e. The molecule has 0 aliphatic rings. The quantitative estimate of drug-likeness (QED) is 0.210.